The van der Waals surface area contributed by atoms with E-state index in [4.69, 9.17) is 4.74 Å². The van der Waals surface area contributed by atoms with Gasteiger partial charge in [-0.15, -0.1) is 35.3 Å². The van der Waals surface area contributed by atoms with Crippen LogP contribution in [0, 0.1) is 6.92 Å². The number of anilines is 1. The number of guanidine groups is 1. The molecule has 1 unspecified atom stereocenters. The summed E-state index contributed by atoms with van der Waals surface area (Å²) in [4.78, 5) is 9.56. The van der Waals surface area contributed by atoms with E-state index in [0.29, 0.717) is 6.04 Å². The predicted octanol–water partition coefficient (Wildman–Crippen LogP) is 3.81. The molecule has 0 saturated carbocycles. The Bertz CT molecular complexity index is 758. The molecule has 1 saturated heterocycles. The van der Waals surface area contributed by atoms with Crippen molar-refractivity contribution in [2.45, 2.75) is 32.9 Å². The maximum Gasteiger partial charge on any atom is 0.191 e. The third-order valence-corrected chi connectivity index (χ3v) is 5.72. The van der Waals surface area contributed by atoms with Gasteiger partial charge in [0.15, 0.2) is 5.96 Å². The van der Waals surface area contributed by atoms with Crippen LogP contribution >= 0.6 is 35.3 Å². The lowest BCUT2D eigenvalue weighted by Gasteiger charge is -2.30. The van der Waals surface area contributed by atoms with Gasteiger partial charge in [-0.05, 0) is 37.6 Å². The van der Waals surface area contributed by atoms with E-state index in [1.165, 1.54) is 21.0 Å². The second-order valence-corrected chi connectivity index (χ2v) is 8.29. The number of hydrogen-bond acceptors (Lipinski definition) is 4. The van der Waals surface area contributed by atoms with Gasteiger partial charge in [-0.25, -0.2) is 0 Å². The molecule has 1 fully saturated rings. The summed E-state index contributed by atoms with van der Waals surface area (Å²) in [5, 5.41) is 6.98. The molecular weight excluding hydrogens is 483 g/mol. The Morgan fingerprint density at radius 2 is 1.96 bits per heavy atom. The number of benzene rings is 1. The van der Waals surface area contributed by atoms with Crippen LogP contribution in [0.1, 0.15) is 22.2 Å². The maximum absolute atomic E-state index is 5.49. The molecule has 1 aliphatic heterocycles. The lowest BCUT2D eigenvalue weighted by Crippen LogP contribution is -2.43. The fraction of sp³-hybridized carbons (Fsp3) is 0.476. The highest BCUT2D eigenvalue weighted by Gasteiger charge is 2.15. The van der Waals surface area contributed by atoms with Gasteiger partial charge < -0.3 is 20.3 Å². The minimum atomic E-state index is 0. The van der Waals surface area contributed by atoms with Crippen molar-refractivity contribution in [3.8, 4) is 0 Å². The van der Waals surface area contributed by atoms with Gasteiger partial charge in [0.25, 0.3) is 0 Å². The molecule has 2 heterocycles. The summed E-state index contributed by atoms with van der Waals surface area (Å²) in [6, 6.07) is 13.3. The van der Waals surface area contributed by atoms with E-state index in [9.17, 15) is 0 Å². The minimum absolute atomic E-state index is 0. The largest absolute Gasteiger partial charge is 0.378 e. The van der Waals surface area contributed by atoms with Crippen molar-refractivity contribution in [1.29, 1.82) is 0 Å². The average molecular weight is 514 g/mol. The number of thiophene rings is 1. The predicted molar refractivity (Wildman–Crippen MR) is 130 cm³/mol. The standard InChI is InChI=1S/C21H30N4OS.HI/c1-16(14-19-9-8-17(2)27-19)24-21(22-3)23-15-18-6-4-5-7-20(18)25-10-12-26-13-11-25;/h4-9,16H,10-15H2,1-3H3,(H2,22,23,24);1H. The molecule has 3 rings (SSSR count). The molecule has 2 N–H and O–H groups in total. The van der Waals surface area contributed by atoms with Crippen molar-refractivity contribution in [3.05, 3.63) is 51.7 Å². The molecule has 28 heavy (non-hydrogen) atoms. The lowest BCUT2D eigenvalue weighted by molar-refractivity contribution is 0.122. The molecular formula is C21H31IN4OS. The smallest absolute Gasteiger partial charge is 0.191 e. The van der Waals surface area contributed by atoms with Gasteiger partial charge in [0.1, 0.15) is 0 Å². The van der Waals surface area contributed by atoms with Crippen LogP contribution in [0.5, 0.6) is 0 Å². The molecule has 1 aliphatic rings. The zero-order valence-corrected chi connectivity index (χ0v) is 20.1. The van der Waals surface area contributed by atoms with E-state index >= 15 is 0 Å². The first-order valence-corrected chi connectivity index (χ1v) is 10.4. The van der Waals surface area contributed by atoms with E-state index in [0.717, 1.165) is 45.2 Å². The number of hydrogen-bond donors (Lipinski definition) is 2. The molecule has 0 radical (unpaired) electrons. The van der Waals surface area contributed by atoms with E-state index in [1.807, 2.05) is 18.4 Å². The summed E-state index contributed by atoms with van der Waals surface area (Å²) >= 11 is 1.86. The summed E-state index contributed by atoms with van der Waals surface area (Å²) in [7, 11) is 1.82. The molecule has 5 nitrogen and oxygen atoms in total. The molecule has 7 heteroatoms. The molecule has 154 valence electrons. The molecule has 1 aromatic heterocycles. The second-order valence-electron chi connectivity index (χ2n) is 6.92. The van der Waals surface area contributed by atoms with Gasteiger partial charge in [-0.2, -0.15) is 0 Å². The lowest BCUT2D eigenvalue weighted by atomic mass is 10.1. The number of aliphatic imine (C=N–C) groups is 1. The highest BCUT2D eigenvalue weighted by molar-refractivity contribution is 14.0. The maximum atomic E-state index is 5.49. The van der Waals surface area contributed by atoms with Crippen LogP contribution in [0.15, 0.2) is 41.4 Å². The van der Waals surface area contributed by atoms with Crippen molar-refractivity contribution in [2.75, 3.05) is 38.3 Å². The van der Waals surface area contributed by atoms with Crippen molar-refractivity contribution in [3.63, 3.8) is 0 Å². The second kappa shape index (κ2) is 11.6. The summed E-state index contributed by atoms with van der Waals surface area (Å²) in [6.45, 7) is 8.58. The van der Waals surface area contributed by atoms with Gasteiger partial charge in [0.05, 0.1) is 13.2 Å². The highest BCUT2D eigenvalue weighted by Crippen LogP contribution is 2.21. The molecule has 0 spiro atoms. The number of nitrogens with zero attached hydrogens (tertiary/aromatic N) is 2. The summed E-state index contributed by atoms with van der Waals surface area (Å²) < 4.78 is 5.49. The quantitative estimate of drug-likeness (QED) is 0.350. The molecule has 0 amide bonds. The van der Waals surface area contributed by atoms with Crippen LogP contribution in [0.4, 0.5) is 5.69 Å². The van der Waals surface area contributed by atoms with Gasteiger partial charge in [-0.3, -0.25) is 4.99 Å². The zero-order valence-electron chi connectivity index (χ0n) is 16.9. The van der Waals surface area contributed by atoms with Gasteiger partial charge >= 0.3 is 0 Å². The van der Waals surface area contributed by atoms with Gasteiger partial charge in [0.2, 0.25) is 0 Å². The number of aryl methyl sites for hydroxylation is 1. The van der Waals surface area contributed by atoms with Crippen molar-refractivity contribution in [1.82, 2.24) is 10.6 Å². The minimum Gasteiger partial charge on any atom is -0.378 e. The van der Waals surface area contributed by atoms with Crippen LogP contribution in [-0.2, 0) is 17.7 Å². The Labute approximate surface area is 189 Å². The van der Waals surface area contributed by atoms with Crippen LogP contribution in [0.25, 0.3) is 0 Å². The van der Waals surface area contributed by atoms with Crippen LogP contribution in [0.3, 0.4) is 0 Å². The van der Waals surface area contributed by atoms with Crippen molar-refractivity contribution < 1.29 is 4.74 Å². The van der Waals surface area contributed by atoms with E-state index in [1.54, 1.807) is 0 Å². The summed E-state index contributed by atoms with van der Waals surface area (Å²) in [5.74, 6) is 0.840. The first-order valence-electron chi connectivity index (χ1n) is 9.59. The normalized spacial score (nSPS) is 15.7. The fourth-order valence-corrected chi connectivity index (χ4v) is 4.35. The van der Waals surface area contributed by atoms with E-state index in [-0.39, 0.29) is 24.0 Å². The van der Waals surface area contributed by atoms with Crippen molar-refractivity contribution >= 4 is 47.0 Å². The van der Waals surface area contributed by atoms with E-state index < -0.39 is 0 Å². The number of para-hydroxylation sites is 1. The summed E-state index contributed by atoms with van der Waals surface area (Å²) in [6.07, 6.45) is 1.00. The topological polar surface area (TPSA) is 48.9 Å². The first-order chi connectivity index (χ1) is 13.2. The molecule has 0 aliphatic carbocycles. The average Bonchev–Trinajstić information content (AvgIpc) is 3.10. The monoisotopic (exact) mass is 514 g/mol. The van der Waals surface area contributed by atoms with Crippen LogP contribution < -0.4 is 15.5 Å². The van der Waals surface area contributed by atoms with E-state index in [2.05, 4.69) is 70.8 Å². The number of ether oxygens (including phenoxy) is 1. The van der Waals surface area contributed by atoms with Crippen molar-refractivity contribution in [2.24, 2.45) is 4.99 Å². The third kappa shape index (κ3) is 6.63. The number of halogens is 1. The fourth-order valence-electron chi connectivity index (χ4n) is 3.33. The van der Waals surface area contributed by atoms with Crippen LogP contribution in [-0.4, -0.2) is 45.4 Å². The highest BCUT2D eigenvalue weighted by atomic mass is 127. The molecule has 1 atom stereocenters. The number of morpholine rings is 1. The number of nitrogens with one attached hydrogen (secondary N) is 2. The Hall–Kier alpha value is -1.32. The summed E-state index contributed by atoms with van der Waals surface area (Å²) in [5.41, 5.74) is 2.56. The molecule has 2 aromatic rings. The van der Waals surface area contributed by atoms with Gasteiger partial charge in [-0.1, -0.05) is 18.2 Å². The Balaban J connectivity index is 0.00000280. The van der Waals surface area contributed by atoms with Crippen LogP contribution in [0.2, 0.25) is 0 Å². The Morgan fingerprint density at radius 3 is 2.64 bits per heavy atom. The van der Waals surface area contributed by atoms with Gasteiger partial charge in [0, 0.05) is 54.6 Å². The first kappa shape index (κ1) is 23.0. The molecule has 0 bridgehead atoms. The SMILES string of the molecule is CN=C(NCc1ccccc1N1CCOCC1)NC(C)Cc1ccc(C)s1.I. The molecule has 1 aromatic carbocycles. The Kier molecular flexibility index (Phi) is 9.53. The zero-order chi connectivity index (χ0) is 19.1. The Morgan fingerprint density at radius 1 is 1.21 bits per heavy atom. The number of rotatable bonds is 6. The third-order valence-electron chi connectivity index (χ3n) is 4.70.